The number of amides is 2. The highest BCUT2D eigenvalue weighted by Gasteiger charge is 2.46. The summed E-state index contributed by atoms with van der Waals surface area (Å²) in [4.78, 5) is 22.8. The monoisotopic (exact) mass is 340 g/mol. The van der Waals surface area contributed by atoms with Gasteiger partial charge >= 0.3 is 6.03 Å². The van der Waals surface area contributed by atoms with Crippen molar-refractivity contribution < 1.29 is 9.18 Å². The Labute approximate surface area is 146 Å². The van der Waals surface area contributed by atoms with Crippen molar-refractivity contribution in [2.75, 3.05) is 5.32 Å². The number of hydrogen-bond acceptors (Lipinski definition) is 3. The van der Waals surface area contributed by atoms with E-state index in [4.69, 9.17) is 0 Å². The minimum absolute atomic E-state index is 0.0355. The lowest BCUT2D eigenvalue weighted by molar-refractivity contribution is 0.202. The Bertz CT molecular complexity index is 808. The molecule has 2 fully saturated rings. The lowest BCUT2D eigenvalue weighted by atomic mass is 9.91. The maximum absolute atomic E-state index is 13.1. The molecule has 1 aromatic heterocycles. The van der Waals surface area contributed by atoms with Crippen molar-refractivity contribution in [3.05, 3.63) is 42.0 Å². The Hall–Kier alpha value is -2.50. The van der Waals surface area contributed by atoms with Gasteiger partial charge in [-0.15, -0.1) is 0 Å². The van der Waals surface area contributed by atoms with Crippen LogP contribution < -0.4 is 5.32 Å². The average molecular weight is 340 g/mol. The molecule has 130 valence electrons. The molecule has 3 atom stereocenters. The van der Waals surface area contributed by atoms with Gasteiger partial charge in [-0.1, -0.05) is 13.0 Å². The molecule has 5 nitrogen and oxygen atoms in total. The first-order chi connectivity index (χ1) is 12.0. The Morgan fingerprint density at radius 3 is 2.68 bits per heavy atom. The molecule has 0 radical (unpaired) electrons. The number of benzene rings is 1. The van der Waals surface area contributed by atoms with Gasteiger partial charge in [0.15, 0.2) is 11.6 Å². The third-order valence-electron chi connectivity index (χ3n) is 5.43. The predicted molar refractivity (Wildman–Crippen MR) is 93.6 cm³/mol. The molecule has 0 aliphatic carbocycles. The zero-order valence-corrected chi connectivity index (χ0v) is 14.4. The van der Waals surface area contributed by atoms with Crippen LogP contribution in [0.2, 0.25) is 0 Å². The third kappa shape index (κ3) is 2.86. The highest BCUT2D eigenvalue weighted by atomic mass is 19.1. The van der Waals surface area contributed by atoms with E-state index in [-0.39, 0.29) is 6.03 Å². The maximum atomic E-state index is 13.1. The SMILES string of the molecule is Cc1ccc(NC(=O)N2C3CCC2C(C)C3)cc1-c1ncc(F)cn1. The normalized spacial score (nSPS) is 24.6. The lowest BCUT2D eigenvalue weighted by Crippen LogP contribution is -2.39. The van der Waals surface area contributed by atoms with E-state index in [2.05, 4.69) is 22.2 Å². The van der Waals surface area contributed by atoms with E-state index < -0.39 is 5.82 Å². The number of rotatable bonds is 2. The summed E-state index contributed by atoms with van der Waals surface area (Å²) >= 11 is 0. The summed E-state index contributed by atoms with van der Waals surface area (Å²) in [7, 11) is 0. The van der Waals surface area contributed by atoms with Crippen LogP contribution in [-0.2, 0) is 0 Å². The Morgan fingerprint density at radius 1 is 1.28 bits per heavy atom. The number of hydrogen-bond donors (Lipinski definition) is 1. The number of aryl methyl sites for hydroxylation is 1. The molecule has 2 aliphatic heterocycles. The summed E-state index contributed by atoms with van der Waals surface area (Å²) in [6.45, 7) is 4.16. The third-order valence-corrected chi connectivity index (χ3v) is 5.43. The molecule has 2 saturated heterocycles. The topological polar surface area (TPSA) is 58.1 Å². The van der Waals surface area contributed by atoms with Crippen molar-refractivity contribution in [1.82, 2.24) is 14.9 Å². The van der Waals surface area contributed by atoms with Crippen molar-refractivity contribution in [2.24, 2.45) is 5.92 Å². The lowest BCUT2D eigenvalue weighted by Gasteiger charge is -2.23. The van der Waals surface area contributed by atoms with Gasteiger partial charge < -0.3 is 10.2 Å². The smallest absolute Gasteiger partial charge is 0.318 e. The summed E-state index contributed by atoms with van der Waals surface area (Å²) in [5.41, 5.74) is 2.47. The van der Waals surface area contributed by atoms with Gasteiger partial charge in [0.1, 0.15) is 0 Å². The fourth-order valence-electron chi connectivity index (χ4n) is 4.18. The number of carbonyl (C=O) groups excluding carboxylic acids is 1. The van der Waals surface area contributed by atoms with E-state index in [0.29, 0.717) is 29.5 Å². The van der Waals surface area contributed by atoms with E-state index in [1.807, 2.05) is 30.0 Å². The summed E-state index contributed by atoms with van der Waals surface area (Å²) in [6.07, 6.45) is 5.60. The maximum Gasteiger partial charge on any atom is 0.322 e. The first-order valence-corrected chi connectivity index (χ1v) is 8.71. The van der Waals surface area contributed by atoms with Crippen LogP contribution in [0, 0.1) is 18.7 Å². The minimum Gasteiger partial charge on any atom is -0.318 e. The Kier molecular flexibility index (Phi) is 3.90. The number of nitrogens with one attached hydrogen (secondary N) is 1. The molecule has 2 aromatic rings. The van der Waals surface area contributed by atoms with Crippen molar-refractivity contribution in [2.45, 2.75) is 45.2 Å². The van der Waals surface area contributed by atoms with E-state index >= 15 is 0 Å². The summed E-state index contributed by atoms with van der Waals surface area (Å²) in [5, 5.41) is 3.01. The van der Waals surface area contributed by atoms with Gasteiger partial charge in [0.05, 0.1) is 12.4 Å². The molecule has 2 aliphatic rings. The van der Waals surface area contributed by atoms with E-state index in [9.17, 15) is 9.18 Å². The van der Waals surface area contributed by atoms with Crippen LogP contribution in [0.1, 0.15) is 31.7 Å². The number of aromatic nitrogens is 2. The van der Waals surface area contributed by atoms with Crippen molar-refractivity contribution in [1.29, 1.82) is 0 Å². The highest BCUT2D eigenvalue weighted by molar-refractivity contribution is 5.91. The standard InChI is InChI=1S/C19H21FN4O/c1-11-3-4-14(8-16(11)18-21-9-13(20)10-22-18)23-19(25)24-15-5-6-17(24)12(2)7-15/h3-4,8-10,12,15,17H,5-7H2,1-2H3,(H,23,25). The number of carbonyl (C=O) groups is 1. The Balaban J connectivity index is 1.56. The Morgan fingerprint density at radius 2 is 2.04 bits per heavy atom. The number of urea groups is 1. The molecule has 1 N–H and O–H groups in total. The molecule has 0 spiro atoms. The van der Waals surface area contributed by atoms with E-state index in [0.717, 1.165) is 42.8 Å². The van der Waals surface area contributed by atoms with Gasteiger partial charge in [0.2, 0.25) is 0 Å². The van der Waals surface area contributed by atoms with Crippen LogP contribution in [0.5, 0.6) is 0 Å². The molecule has 2 bridgehead atoms. The predicted octanol–water partition coefficient (Wildman–Crippen LogP) is 4.00. The van der Waals surface area contributed by atoms with Crippen LogP contribution in [0.4, 0.5) is 14.9 Å². The molecule has 6 heteroatoms. The number of halogens is 1. The van der Waals surface area contributed by atoms with Crippen LogP contribution in [0.3, 0.4) is 0 Å². The summed E-state index contributed by atoms with van der Waals surface area (Å²) in [5.74, 6) is 0.556. The van der Waals surface area contributed by atoms with Gasteiger partial charge in [-0.2, -0.15) is 0 Å². The molecular weight excluding hydrogens is 319 g/mol. The van der Waals surface area contributed by atoms with E-state index in [1.54, 1.807) is 0 Å². The zero-order valence-electron chi connectivity index (χ0n) is 14.4. The van der Waals surface area contributed by atoms with Crippen LogP contribution >= 0.6 is 0 Å². The summed E-state index contributed by atoms with van der Waals surface area (Å²) in [6, 6.07) is 6.33. The molecule has 25 heavy (non-hydrogen) atoms. The first-order valence-electron chi connectivity index (χ1n) is 8.71. The van der Waals surface area contributed by atoms with Crippen LogP contribution in [0.15, 0.2) is 30.6 Å². The number of fused-ring (bicyclic) bond motifs is 2. The number of anilines is 1. The first kappa shape index (κ1) is 16.0. The molecule has 3 heterocycles. The second kappa shape index (κ2) is 6.10. The molecule has 2 amide bonds. The largest absolute Gasteiger partial charge is 0.322 e. The zero-order chi connectivity index (χ0) is 17.6. The van der Waals surface area contributed by atoms with Gasteiger partial charge in [-0.3, -0.25) is 0 Å². The molecule has 3 unspecified atom stereocenters. The van der Waals surface area contributed by atoms with Crippen molar-refractivity contribution in [3.63, 3.8) is 0 Å². The van der Waals surface area contributed by atoms with Crippen LogP contribution in [-0.4, -0.2) is 33.0 Å². The van der Waals surface area contributed by atoms with E-state index in [1.165, 1.54) is 0 Å². The van der Waals surface area contributed by atoms with Gasteiger partial charge in [0.25, 0.3) is 0 Å². The highest BCUT2D eigenvalue weighted by Crippen LogP contribution is 2.41. The minimum atomic E-state index is -0.468. The molecule has 0 saturated carbocycles. The molecular formula is C19H21FN4O. The quantitative estimate of drug-likeness (QED) is 0.899. The number of nitrogens with zero attached hydrogens (tertiary/aromatic N) is 3. The van der Waals surface area contributed by atoms with Gasteiger partial charge in [-0.05, 0) is 49.8 Å². The molecule has 1 aromatic carbocycles. The van der Waals surface area contributed by atoms with Gasteiger partial charge in [0, 0.05) is 23.3 Å². The van der Waals surface area contributed by atoms with Crippen molar-refractivity contribution >= 4 is 11.7 Å². The fourth-order valence-corrected chi connectivity index (χ4v) is 4.18. The van der Waals surface area contributed by atoms with Crippen molar-refractivity contribution in [3.8, 4) is 11.4 Å². The second-order valence-corrected chi connectivity index (χ2v) is 7.10. The summed E-state index contributed by atoms with van der Waals surface area (Å²) < 4.78 is 13.1. The fraction of sp³-hybridized carbons (Fsp3) is 0.421. The van der Waals surface area contributed by atoms with Crippen LogP contribution in [0.25, 0.3) is 11.4 Å². The molecule has 4 rings (SSSR count). The second-order valence-electron chi connectivity index (χ2n) is 7.10. The van der Waals surface area contributed by atoms with Gasteiger partial charge in [-0.25, -0.2) is 19.2 Å². The average Bonchev–Trinajstić information content (AvgIpc) is 3.14.